The van der Waals surface area contributed by atoms with Gasteiger partial charge in [-0.3, -0.25) is 14.4 Å². The minimum Gasteiger partial charge on any atom is -0.282 e. The number of halogens is 4. The fourth-order valence-electron chi connectivity index (χ4n) is 1.14. The summed E-state index contributed by atoms with van der Waals surface area (Å²) in [7, 11) is 0. The van der Waals surface area contributed by atoms with E-state index in [2.05, 4.69) is 0 Å². The molecule has 0 spiro atoms. The Labute approximate surface area is 137 Å². The molecule has 84 valence electrons. The number of carbonyl (C=O) groups is 3. The smallest absolute Gasteiger partial charge is 0.224 e. The molecule has 0 fully saturated rings. The highest BCUT2D eigenvalue weighted by Gasteiger charge is 2.23. The van der Waals surface area contributed by atoms with E-state index >= 15 is 0 Å². The van der Waals surface area contributed by atoms with Crippen LogP contribution in [0.4, 0.5) is 0 Å². The predicted molar refractivity (Wildman–Crippen MR) is 86.5 cm³/mol. The van der Waals surface area contributed by atoms with Gasteiger partial charge in [-0.25, -0.2) is 0 Å². The molecule has 1 rings (SSSR count). The summed E-state index contributed by atoms with van der Waals surface area (Å²) < 4.78 is -1.03. The Kier molecular flexibility index (Phi) is 5.58. The monoisotopic (exact) mass is 574 g/mol. The van der Waals surface area contributed by atoms with Crippen molar-refractivity contribution < 1.29 is 14.4 Å². The van der Waals surface area contributed by atoms with Crippen LogP contribution in [0.5, 0.6) is 0 Å². The highest BCUT2D eigenvalue weighted by atomic mass is 127. The van der Waals surface area contributed by atoms with Crippen LogP contribution in [-0.4, -0.2) is 11.4 Å². The lowest BCUT2D eigenvalue weighted by Gasteiger charge is -2.08. The average molecular weight is 574 g/mol. The van der Waals surface area contributed by atoms with Gasteiger partial charge in [0, 0.05) is 73.3 Å². The molecule has 0 amide bonds. The largest absolute Gasteiger partial charge is 0.282 e. The van der Waals surface area contributed by atoms with E-state index in [9.17, 15) is 14.4 Å². The lowest BCUT2D eigenvalue weighted by atomic mass is 10.0. The molecule has 1 aromatic rings. The third kappa shape index (κ3) is 3.13. The van der Waals surface area contributed by atoms with Gasteiger partial charge in [0.2, 0.25) is 11.4 Å². The van der Waals surface area contributed by atoms with Crippen LogP contribution in [-0.2, 0) is 0 Å². The lowest BCUT2D eigenvalue weighted by molar-refractivity contribution is 0.106. The molecule has 3 nitrogen and oxygen atoms in total. The van der Waals surface area contributed by atoms with Crippen molar-refractivity contribution in [3.8, 4) is 0 Å². The van der Waals surface area contributed by atoms with Crippen molar-refractivity contribution in [2.45, 2.75) is 0 Å². The fourth-order valence-corrected chi connectivity index (χ4v) is 3.11. The molecule has 1 aromatic carbocycles. The maximum Gasteiger partial charge on any atom is 0.224 e. The first-order chi connectivity index (χ1) is 7.36. The molecule has 0 N–H and O–H groups in total. The molecule has 16 heavy (non-hydrogen) atoms. The van der Waals surface area contributed by atoms with Crippen molar-refractivity contribution in [2.75, 3.05) is 0 Å². The Morgan fingerprint density at radius 3 is 1.75 bits per heavy atom. The highest BCUT2D eigenvalue weighted by Crippen LogP contribution is 2.29. The van der Waals surface area contributed by atoms with E-state index in [4.69, 9.17) is 11.6 Å². The molecule has 0 bridgehead atoms. The van der Waals surface area contributed by atoms with Crippen molar-refractivity contribution in [3.05, 3.63) is 33.8 Å². The Morgan fingerprint density at radius 2 is 1.38 bits per heavy atom. The third-order valence-electron chi connectivity index (χ3n) is 1.76. The first kappa shape index (κ1) is 14.8. The van der Waals surface area contributed by atoms with Crippen molar-refractivity contribution >= 4 is 90.7 Å². The zero-order chi connectivity index (χ0) is 12.5. The average Bonchev–Trinajstić information content (AvgIpc) is 2.15. The molecule has 0 aliphatic rings. The van der Waals surface area contributed by atoms with Gasteiger partial charge in [-0.2, -0.15) is 0 Å². The van der Waals surface area contributed by atoms with E-state index < -0.39 is 0 Å². The summed E-state index contributed by atoms with van der Waals surface area (Å²) in [6.07, 6.45) is 0. The normalized spacial score (nSPS) is 10.0. The van der Waals surface area contributed by atoms with Gasteiger partial charge in [-0.15, -0.1) is 0 Å². The van der Waals surface area contributed by atoms with Gasteiger partial charge in [0.25, 0.3) is 0 Å². The third-order valence-corrected chi connectivity index (χ3v) is 3.73. The molecule has 0 radical (unpaired) electrons. The summed E-state index contributed by atoms with van der Waals surface area (Å²) in [6, 6.07) is 2.90. The zero-order valence-electron chi connectivity index (χ0n) is 7.39. The topological polar surface area (TPSA) is 51.2 Å². The van der Waals surface area contributed by atoms with Gasteiger partial charge in [0.1, 0.15) is 0 Å². The van der Waals surface area contributed by atoms with Crippen LogP contribution in [0.2, 0.25) is 5.02 Å². The molecule has 0 aromatic heterocycles. The summed E-state index contributed by atoms with van der Waals surface area (Å²) in [5.41, 5.74) is 0.403. The summed E-state index contributed by atoms with van der Waals surface area (Å²) in [6.45, 7) is 0. The van der Waals surface area contributed by atoms with Gasteiger partial charge >= 0.3 is 0 Å². The fraction of sp³-hybridized carbons (Fsp3) is 0. The van der Waals surface area contributed by atoms with Gasteiger partial charge in [0.05, 0.1) is 16.1 Å². The maximum absolute atomic E-state index is 11.5. The van der Waals surface area contributed by atoms with E-state index in [1.54, 1.807) is 45.2 Å². The molecule has 7 heteroatoms. The van der Waals surface area contributed by atoms with Crippen LogP contribution in [0.1, 0.15) is 31.1 Å². The summed E-state index contributed by atoms with van der Waals surface area (Å²) in [4.78, 5) is 34.2. The van der Waals surface area contributed by atoms with Crippen molar-refractivity contribution in [2.24, 2.45) is 0 Å². The Bertz CT molecular complexity index is 499. The van der Waals surface area contributed by atoms with Gasteiger partial charge in [-0.05, 0) is 12.1 Å². The first-order valence-corrected chi connectivity index (χ1v) is 7.39. The second-order valence-corrected chi connectivity index (χ2v) is 6.01. The molecule has 0 heterocycles. The minimum absolute atomic E-state index is 0.0897. The minimum atomic E-state index is -0.375. The Morgan fingerprint density at radius 1 is 0.875 bits per heavy atom. The van der Waals surface area contributed by atoms with Gasteiger partial charge < -0.3 is 0 Å². The molecule has 0 unspecified atom stereocenters. The van der Waals surface area contributed by atoms with Crippen LogP contribution < -0.4 is 0 Å². The number of hydrogen-bond acceptors (Lipinski definition) is 3. The summed E-state index contributed by atoms with van der Waals surface area (Å²) in [5, 5.41) is 0.181. The van der Waals surface area contributed by atoms with Crippen molar-refractivity contribution in [1.29, 1.82) is 0 Å². The van der Waals surface area contributed by atoms with Crippen molar-refractivity contribution in [3.63, 3.8) is 0 Å². The number of benzene rings is 1. The number of carbonyl (C=O) groups excluding carboxylic acids is 3. The number of hydrogen-bond donors (Lipinski definition) is 0. The predicted octanol–water partition coefficient (Wildman–Crippen LogP) is 4.07. The van der Waals surface area contributed by atoms with Gasteiger partial charge in [-0.1, -0.05) is 11.6 Å². The quantitative estimate of drug-likeness (QED) is 0.405. The van der Waals surface area contributed by atoms with E-state index in [1.165, 1.54) is 34.7 Å². The van der Waals surface area contributed by atoms with Crippen molar-refractivity contribution in [1.82, 2.24) is 0 Å². The van der Waals surface area contributed by atoms with Crippen LogP contribution in [0.3, 0.4) is 0 Å². The molecule has 0 aliphatic carbocycles. The second kappa shape index (κ2) is 6.05. The Hall–Kier alpha value is 0.710. The van der Waals surface area contributed by atoms with Crippen LogP contribution in [0, 0.1) is 0 Å². The van der Waals surface area contributed by atoms with E-state index in [-0.39, 0.29) is 33.1 Å². The molecule has 0 atom stereocenters. The van der Waals surface area contributed by atoms with Crippen LogP contribution >= 0.6 is 79.4 Å². The molecule has 0 saturated heterocycles. The van der Waals surface area contributed by atoms with E-state index in [0.717, 1.165) is 0 Å². The van der Waals surface area contributed by atoms with Crippen LogP contribution in [0.15, 0.2) is 12.1 Å². The second-order valence-electron chi connectivity index (χ2n) is 2.67. The summed E-state index contributed by atoms with van der Waals surface area (Å²) in [5.74, 6) is 0. The summed E-state index contributed by atoms with van der Waals surface area (Å²) >= 11 is 10.5. The van der Waals surface area contributed by atoms with E-state index in [0.29, 0.717) is 0 Å². The molecule has 0 aliphatic heterocycles. The molecular formula is C9H2ClI3O3. The highest BCUT2D eigenvalue weighted by molar-refractivity contribution is 14.1. The number of rotatable bonds is 3. The van der Waals surface area contributed by atoms with Crippen LogP contribution in [0.25, 0.3) is 0 Å². The Balaban J connectivity index is 3.70. The SMILES string of the molecule is O=C(I)c1ccc(Cl)c(C(=O)I)c1C(=O)I. The zero-order valence-corrected chi connectivity index (χ0v) is 14.6. The lowest BCUT2D eigenvalue weighted by Crippen LogP contribution is -2.07. The molecule has 0 saturated carbocycles. The van der Waals surface area contributed by atoms with Gasteiger partial charge in [0.15, 0.2) is 0 Å². The molecular weight excluding hydrogens is 572 g/mol. The van der Waals surface area contributed by atoms with E-state index in [1.807, 2.05) is 0 Å². The maximum atomic E-state index is 11.5. The standard InChI is InChI=1S/C9H2ClI3O3/c10-4-2-1-3(7(11)14)5(8(12)15)6(4)9(13)16/h1-2H. The first-order valence-electron chi connectivity index (χ1n) is 3.78.